The highest BCUT2D eigenvalue weighted by atomic mass is 35.5. The third kappa shape index (κ3) is 3.32. The molecule has 0 unspecified atom stereocenters. The Morgan fingerprint density at radius 2 is 1.76 bits per heavy atom. The van der Waals surface area contributed by atoms with Crippen molar-refractivity contribution in [3.8, 4) is 0 Å². The first-order valence-electron chi connectivity index (χ1n) is 9.10. The molecule has 4 nitrogen and oxygen atoms in total. The number of nitrogens with zero attached hydrogens (tertiary/aromatic N) is 1. The largest absolute Gasteiger partial charge is 0.465 e. The Balaban J connectivity index is 1.92. The van der Waals surface area contributed by atoms with E-state index in [1.54, 1.807) is 36.1 Å². The van der Waals surface area contributed by atoms with Crippen LogP contribution in [0.25, 0.3) is 16.8 Å². The van der Waals surface area contributed by atoms with Gasteiger partial charge < -0.3 is 4.74 Å². The lowest BCUT2D eigenvalue weighted by Gasteiger charge is -2.20. The second kappa shape index (κ2) is 7.57. The first kappa shape index (κ1) is 19.0. The molecule has 1 heterocycles. The summed E-state index contributed by atoms with van der Waals surface area (Å²) in [7, 11) is 1.31. The van der Waals surface area contributed by atoms with Crippen LogP contribution in [-0.2, 0) is 14.3 Å². The molecule has 29 heavy (non-hydrogen) atoms. The molecule has 1 aliphatic heterocycles. The maximum Gasteiger partial charge on any atom is 0.340 e. The molecule has 0 atom stereocenters. The van der Waals surface area contributed by atoms with Crippen molar-refractivity contribution >= 4 is 46.0 Å². The predicted molar refractivity (Wildman–Crippen MR) is 116 cm³/mol. The van der Waals surface area contributed by atoms with Crippen molar-refractivity contribution in [1.29, 1.82) is 0 Å². The van der Waals surface area contributed by atoms with Gasteiger partial charge in [-0.2, -0.15) is 0 Å². The van der Waals surface area contributed by atoms with Gasteiger partial charge in [-0.05, 0) is 42.1 Å². The van der Waals surface area contributed by atoms with Gasteiger partial charge in [0.05, 0.1) is 23.9 Å². The van der Waals surface area contributed by atoms with Crippen molar-refractivity contribution in [3.63, 3.8) is 0 Å². The summed E-state index contributed by atoms with van der Waals surface area (Å²) >= 11 is 6.08. The van der Waals surface area contributed by atoms with Crippen LogP contribution in [0.15, 0.2) is 83.6 Å². The van der Waals surface area contributed by atoms with E-state index in [9.17, 15) is 9.59 Å². The number of halogens is 1. The maximum absolute atomic E-state index is 13.5. The molecule has 3 aromatic rings. The van der Waals surface area contributed by atoms with Gasteiger partial charge in [-0.15, -0.1) is 0 Å². The molecule has 0 spiro atoms. The van der Waals surface area contributed by atoms with Gasteiger partial charge in [0.2, 0.25) is 0 Å². The Morgan fingerprint density at radius 3 is 2.52 bits per heavy atom. The van der Waals surface area contributed by atoms with Crippen molar-refractivity contribution in [1.82, 2.24) is 0 Å². The quantitative estimate of drug-likeness (QED) is 0.436. The number of methoxy groups -OCH3 is 1. The van der Waals surface area contributed by atoms with Crippen molar-refractivity contribution in [2.75, 3.05) is 12.0 Å². The van der Waals surface area contributed by atoms with Gasteiger partial charge in [0.15, 0.2) is 0 Å². The second-order valence-electron chi connectivity index (χ2n) is 6.70. The van der Waals surface area contributed by atoms with Crippen LogP contribution in [0.2, 0.25) is 5.02 Å². The maximum atomic E-state index is 13.5. The molecule has 0 saturated heterocycles. The van der Waals surface area contributed by atoms with Crippen molar-refractivity contribution in [2.24, 2.45) is 0 Å². The Labute approximate surface area is 173 Å². The van der Waals surface area contributed by atoms with Crippen LogP contribution in [-0.4, -0.2) is 19.0 Å². The van der Waals surface area contributed by atoms with Gasteiger partial charge in [-0.1, -0.05) is 60.1 Å². The highest BCUT2D eigenvalue weighted by Gasteiger charge is 2.38. The van der Waals surface area contributed by atoms with E-state index in [-0.39, 0.29) is 17.1 Å². The molecule has 1 aliphatic rings. The summed E-state index contributed by atoms with van der Waals surface area (Å²) in [5, 5.41) is 2.49. The summed E-state index contributed by atoms with van der Waals surface area (Å²) in [6.45, 7) is 1.75. The molecule has 0 radical (unpaired) electrons. The van der Waals surface area contributed by atoms with Crippen LogP contribution in [0.5, 0.6) is 0 Å². The van der Waals surface area contributed by atoms with E-state index in [0.717, 1.165) is 22.0 Å². The number of anilines is 1. The zero-order valence-corrected chi connectivity index (χ0v) is 16.7. The van der Waals surface area contributed by atoms with Gasteiger partial charge in [-0.3, -0.25) is 9.69 Å². The number of rotatable bonds is 3. The number of benzene rings is 3. The van der Waals surface area contributed by atoms with Gasteiger partial charge in [-0.25, -0.2) is 4.79 Å². The van der Waals surface area contributed by atoms with E-state index in [1.807, 2.05) is 48.5 Å². The summed E-state index contributed by atoms with van der Waals surface area (Å²) in [4.78, 5) is 27.6. The fraction of sp³-hybridized carbons (Fsp3) is 0.0833. The average Bonchev–Trinajstić information content (AvgIpc) is 2.96. The molecule has 0 aromatic heterocycles. The fourth-order valence-electron chi connectivity index (χ4n) is 3.64. The summed E-state index contributed by atoms with van der Waals surface area (Å²) in [6.07, 6.45) is 1.68. The molecule has 0 bridgehead atoms. The third-order valence-electron chi connectivity index (χ3n) is 4.96. The number of fused-ring (bicyclic) bond motifs is 1. The van der Waals surface area contributed by atoms with Crippen LogP contribution < -0.4 is 4.90 Å². The first-order valence-corrected chi connectivity index (χ1v) is 9.48. The monoisotopic (exact) mass is 403 g/mol. The minimum Gasteiger partial charge on any atom is -0.465 e. The van der Waals surface area contributed by atoms with E-state index < -0.39 is 5.97 Å². The molecular formula is C24H18ClNO3. The number of esters is 1. The molecule has 0 aliphatic carbocycles. The topological polar surface area (TPSA) is 46.6 Å². The minimum atomic E-state index is -0.549. The number of carbonyl (C=O) groups excluding carboxylic acids is 2. The van der Waals surface area contributed by atoms with Crippen LogP contribution in [0.1, 0.15) is 12.5 Å². The number of carbonyl (C=O) groups is 2. The second-order valence-corrected chi connectivity index (χ2v) is 7.14. The summed E-state index contributed by atoms with van der Waals surface area (Å²) in [6, 6.07) is 20.7. The van der Waals surface area contributed by atoms with Gasteiger partial charge in [0.1, 0.15) is 0 Å². The van der Waals surface area contributed by atoms with Crippen LogP contribution in [0, 0.1) is 0 Å². The van der Waals surface area contributed by atoms with E-state index >= 15 is 0 Å². The smallest absolute Gasteiger partial charge is 0.340 e. The lowest BCUT2D eigenvalue weighted by Crippen LogP contribution is -2.24. The molecule has 1 amide bonds. The standard InChI is InChI=1S/C24H18ClNO3/c1-15-22(24(28)29-2)20(14-16-7-5-10-18(25)13-16)23(27)26(15)21-12-6-9-17-8-3-4-11-19(17)21/h3-14H,1-2H3. The Hall–Kier alpha value is -3.37. The highest BCUT2D eigenvalue weighted by molar-refractivity contribution is 6.31. The lowest BCUT2D eigenvalue weighted by molar-refractivity contribution is -0.136. The molecular weight excluding hydrogens is 386 g/mol. The molecule has 4 rings (SSSR count). The SMILES string of the molecule is COC(=O)C1=C(C)N(c2cccc3ccccc23)C(=O)C1=Cc1cccc(Cl)c1. The third-order valence-corrected chi connectivity index (χ3v) is 5.19. The molecule has 0 saturated carbocycles. The van der Waals surface area contributed by atoms with Crippen LogP contribution >= 0.6 is 11.6 Å². The minimum absolute atomic E-state index is 0.255. The summed E-state index contributed by atoms with van der Waals surface area (Å²) in [5.41, 5.74) is 2.53. The van der Waals surface area contributed by atoms with E-state index in [1.165, 1.54) is 7.11 Å². The van der Waals surface area contributed by atoms with Crippen LogP contribution in [0.3, 0.4) is 0 Å². The first-order chi connectivity index (χ1) is 14.0. The Bertz CT molecular complexity index is 1200. The van der Waals surface area contributed by atoms with Crippen molar-refractivity contribution in [2.45, 2.75) is 6.92 Å². The molecule has 0 N–H and O–H groups in total. The van der Waals surface area contributed by atoms with E-state index in [0.29, 0.717) is 10.7 Å². The molecule has 5 heteroatoms. The van der Waals surface area contributed by atoms with Crippen molar-refractivity contribution in [3.05, 3.63) is 94.2 Å². The lowest BCUT2D eigenvalue weighted by atomic mass is 10.0. The molecule has 144 valence electrons. The fourth-order valence-corrected chi connectivity index (χ4v) is 3.84. The zero-order valence-electron chi connectivity index (χ0n) is 16.0. The summed E-state index contributed by atoms with van der Waals surface area (Å²) in [5.74, 6) is -0.828. The number of ether oxygens (including phenoxy) is 1. The highest BCUT2D eigenvalue weighted by Crippen LogP contribution is 2.38. The van der Waals surface area contributed by atoms with Crippen molar-refractivity contribution < 1.29 is 14.3 Å². The number of amides is 1. The zero-order chi connectivity index (χ0) is 20.5. The number of hydrogen-bond donors (Lipinski definition) is 0. The van der Waals surface area contributed by atoms with Crippen LogP contribution in [0.4, 0.5) is 5.69 Å². The Kier molecular flexibility index (Phi) is 4.95. The average molecular weight is 404 g/mol. The van der Waals surface area contributed by atoms with E-state index in [4.69, 9.17) is 16.3 Å². The summed E-state index contributed by atoms with van der Waals surface area (Å²) < 4.78 is 4.97. The normalized spacial score (nSPS) is 15.5. The Morgan fingerprint density at radius 1 is 1.03 bits per heavy atom. The molecule has 0 fully saturated rings. The number of allylic oxidation sites excluding steroid dienone is 1. The molecule has 3 aromatic carbocycles. The number of hydrogen-bond acceptors (Lipinski definition) is 3. The van der Waals surface area contributed by atoms with E-state index in [2.05, 4.69) is 0 Å². The van der Waals surface area contributed by atoms with Gasteiger partial charge in [0.25, 0.3) is 5.91 Å². The predicted octanol–water partition coefficient (Wildman–Crippen LogP) is 5.37. The van der Waals surface area contributed by atoms with Gasteiger partial charge >= 0.3 is 5.97 Å². The van der Waals surface area contributed by atoms with Gasteiger partial charge in [0, 0.05) is 16.1 Å².